The number of amides is 1. The Kier molecular flexibility index (Phi) is 4.49. The van der Waals surface area contributed by atoms with Crippen LogP contribution in [0.25, 0.3) is 0 Å². The highest BCUT2D eigenvalue weighted by molar-refractivity contribution is 7.15. The second-order valence-electron chi connectivity index (χ2n) is 4.32. The zero-order valence-corrected chi connectivity index (χ0v) is 11.4. The van der Waals surface area contributed by atoms with Crippen LogP contribution in [0.15, 0.2) is 12.7 Å². The van der Waals surface area contributed by atoms with Crippen LogP contribution in [0.3, 0.4) is 0 Å². The maximum atomic E-state index is 11.8. The van der Waals surface area contributed by atoms with Crippen molar-refractivity contribution in [1.29, 1.82) is 0 Å². The molecule has 18 heavy (non-hydrogen) atoms. The molecule has 0 bridgehead atoms. The lowest BCUT2D eigenvalue weighted by molar-refractivity contribution is -0.126. The number of carbonyl (C=O) groups excluding carboxylic acids is 1. The second-order valence-corrected chi connectivity index (χ2v) is 5.41. The number of rotatable bonds is 6. The van der Waals surface area contributed by atoms with Crippen LogP contribution in [0.4, 0.5) is 5.13 Å². The molecule has 1 amide bonds. The van der Waals surface area contributed by atoms with Gasteiger partial charge < -0.3 is 4.74 Å². The van der Waals surface area contributed by atoms with Gasteiger partial charge >= 0.3 is 0 Å². The summed E-state index contributed by atoms with van der Waals surface area (Å²) in [6, 6.07) is 0. The van der Waals surface area contributed by atoms with Crippen molar-refractivity contribution in [2.45, 2.75) is 38.7 Å². The lowest BCUT2D eigenvalue weighted by atomic mass is 10.3. The number of carbonyl (C=O) groups is 1. The van der Waals surface area contributed by atoms with E-state index in [1.54, 1.807) is 24.3 Å². The summed E-state index contributed by atoms with van der Waals surface area (Å²) < 4.78 is 5.39. The van der Waals surface area contributed by atoms with E-state index in [9.17, 15) is 4.79 Å². The predicted octanol–water partition coefficient (Wildman–Crippen LogP) is 2.55. The van der Waals surface area contributed by atoms with Gasteiger partial charge in [0.25, 0.3) is 5.91 Å². The van der Waals surface area contributed by atoms with Crippen molar-refractivity contribution in [3.63, 3.8) is 0 Å². The average molecular weight is 266 g/mol. The monoisotopic (exact) mass is 266 g/mol. The molecule has 1 heterocycles. The van der Waals surface area contributed by atoms with Crippen molar-refractivity contribution < 1.29 is 9.53 Å². The zero-order chi connectivity index (χ0) is 13.0. The number of aromatic nitrogens is 1. The van der Waals surface area contributed by atoms with Gasteiger partial charge in [0.2, 0.25) is 0 Å². The Balaban J connectivity index is 1.84. The van der Waals surface area contributed by atoms with Crippen LogP contribution in [0.1, 0.15) is 30.3 Å². The van der Waals surface area contributed by atoms with E-state index in [1.807, 2.05) is 0 Å². The van der Waals surface area contributed by atoms with Crippen molar-refractivity contribution in [2.24, 2.45) is 0 Å². The molecule has 0 fully saturated rings. The van der Waals surface area contributed by atoms with Gasteiger partial charge in [-0.25, -0.2) is 4.98 Å². The SMILES string of the molecule is C=CCCOC(C)C(=O)Nc1nc2c(s1)CCC2. The van der Waals surface area contributed by atoms with Crippen LogP contribution in [0.2, 0.25) is 0 Å². The van der Waals surface area contributed by atoms with Crippen LogP contribution < -0.4 is 5.32 Å². The Morgan fingerprint density at radius 3 is 3.22 bits per heavy atom. The first kappa shape index (κ1) is 13.2. The van der Waals surface area contributed by atoms with Gasteiger partial charge in [-0.3, -0.25) is 10.1 Å². The Morgan fingerprint density at radius 1 is 1.67 bits per heavy atom. The molecule has 2 rings (SSSR count). The number of nitrogens with zero attached hydrogens (tertiary/aromatic N) is 1. The third kappa shape index (κ3) is 3.17. The highest BCUT2D eigenvalue weighted by atomic mass is 32.1. The van der Waals surface area contributed by atoms with Gasteiger partial charge in [-0.05, 0) is 32.6 Å². The van der Waals surface area contributed by atoms with Crippen LogP contribution >= 0.6 is 11.3 Å². The number of hydrogen-bond acceptors (Lipinski definition) is 4. The van der Waals surface area contributed by atoms with Gasteiger partial charge in [-0.1, -0.05) is 6.08 Å². The minimum Gasteiger partial charge on any atom is -0.368 e. The molecule has 1 aliphatic rings. The molecular weight excluding hydrogens is 248 g/mol. The number of fused-ring (bicyclic) bond motifs is 1. The average Bonchev–Trinajstić information content (AvgIpc) is 2.89. The molecule has 1 atom stereocenters. The van der Waals surface area contributed by atoms with E-state index in [0.29, 0.717) is 11.7 Å². The maximum Gasteiger partial charge on any atom is 0.254 e. The van der Waals surface area contributed by atoms with E-state index < -0.39 is 6.10 Å². The lowest BCUT2D eigenvalue weighted by Crippen LogP contribution is -2.28. The maximum absolute atomic E-state index is 11.8. The summed E-state index contributed by atoms with van der Waals surface area (Å²) in [6.07, 6.45) is 5.38. The third-order valence-electron chi connectivity index (χ3n) is 2.88. The summed E-state index contributed by atoms with van der Waals surface area (Å²) >= 11 is 1.58. The zero-order valence-electron chi connectivity index (χ0n) is 10.6. The molecule has 1 aromatic heterocycles. The molecule has 1 unspecified atom stereocenters. The number of nitrogens with one attached hydrogen (secondary N) is 1. The lowest BCUT2D eigenvalue weighted by Gasteiger charge is -2.11. The van der Waals surface area contributed by atoms with Crippen LogP contribution in [-0.2, 0) is 22.4 Å². The molecule has 0 spiro atoms. The number of anilines is 1. The number of hydrogen-bond donors (Lipinski definition) is 1. The molecule has 0 aromatic carbocycles. The molecule has 4 nitrogen and oxygen atoms in total. The summed E-state index contributed by atoms with van der Waals surface area (Å²) in [5.41, 5.74) is 1.15. The van der Waals surface area contributed by atoms with Crippen LogP contribution in [0.5, 0.6) is 0 Å². The fraction of sp³-hybridized carbons (Fsp3) is 0.538. The largest absolute Gasteiger partial charge is 0.368 e. The summed E-state index contributed by atoms with van der Waals surface area (Å²) in [6.45, 7) is 5.88. The Morgan fingerprint density at radius 2 is 2.50 bits per heavy atom. The van der Waals surface area contributed by atoms with E-state index in [4.69, 9.17) is 4.74 Å². The molecule has 0 saturated carbocycles. The van der Waals surface area contributed by atoms with Gasteiger partial charge in [0.05, 0.1) is 12.3 Å². The first-order valence-corrected chi connectivity index (χ1v) is 7.04. The molecular formula is C13H18N2O2S. The molecule has 0 aliphatic heterocycles. The molecule has 1 aromatic rings. The Hall–Kier alpha value is -1.20. The fourth-order valence-electron chi connectivity index (χ4n) is 1.85. The standard InChI is InChI=1S/C13H18N2O2S/c1-3-4-8-17-9(2)12(16)15-13-14-10-6-5-7-11(10)18-13/h3,9H,1,4-8H2,2H3,(H,14,15,16). The van der Waals surface area contributed by atoms with E-state index >= 15 is 0 Å². The first-order valence-electron chi connectivity index (χ1n) is 6.22. The highest BCUT2D eigenvalue weighted by Crippen LogP contribution is 2.30. The molecule has 0 radical (unpaired) electrons. The van der Waals surface area contributed by atoms with Gasteiger partial charge in [-0.15, -0.1) is 17.9 Å². The Bertz CT molecular complexity index is 421. The molecule has 98 valence electrons. The number of thiazole rings is 1. The van der Waals surface area contributed by atoms with Gasteiger partial charge in [0, 0.05) is 4.88 Å². The molecule has 1 N–H and O–H groups in total. The topological polar surface area (TPSA) is 51.2 Å². The minimum atomic E-state index is -0.455. The van der Waals surface area contributed by atoms with Crippen LogP contribution in [-0.4, -0.2) is 23.6 Å². The van der Waals surface area contributed by atoms with Crippen molar-refractivity contribution in [2.75, 3.05) is 11.9 Å². The smallest absolute Gasteiger partial charge is 0.254 e. The summed E-state index contributed by atoms with van der Waals surface area (Å²) in [4.78, 5) is 17.6. The number of aryl methyl sites for hydroxylation is 2. The van der Waals surface area contributed by atoms with E-state index in [2.05, 4.69) is 16.9 Å². The predicted molar refractivity (Wildman–Crippen MR) is 73.0 cm³/mol. The van der Waals surface area contributed by atoms with Crippen molar-refractivity contribution >= 4 is 22.4 Å². The first-order chi connectivity index (χ1) is 8.70. The van der Waals surface area contributed by atoms with E-state index in [1.165, 1.54) is 11.3 Å². The van der Waals surface area contributed by atoms with Crippen molar-refractivity contribution in [3.8, 4) is 0 Å². The summed E-state index contributed by atoms with van der Waals surface area (Å²) in [5.74, 6) is -0.133. The molecule has 1 aliphatic carbocycles. The minimum absolute atomic E-state index is 0.133. The molecule has 0 saturated heterocycles. The molecule has 5 heteroatoms. The van der Waals surface area contributed by atoms with Gasteiger partial charge in [0.1, 0.15) is 6.10 Å². The highest BCUT2D eigenvalue weighted by Gasteiger charge is 2.19. The number of ether oxygens (including phenoxy) is 1. The van der Waals surface area contributed by atoms with E-state index in [-0.39, 0.29) is 5.91 Å². The quantitative estimate of drug-likeness (QED) is 0.636. The third-order valence-corrected chi connectivity index (χ3v) is 3.96. The van der Waals surface area contributed by atoms with Crippen molar-refractivity contribution in [3.05, 3.63) is 23.2 Å². The fourth-order valence-corrected chi connectivity index (χ4v) is 2.91. The second kappa shape index (κ2) is 6.11. The summed E-state index contributed by atoms with van der Waals surface area (Å²) in [5, 5.41) is 3.51. The van der Waals surface area contributed by atoms with Gasteiger partial charge in [-0.2, -0.15) is 0 Å². The van der Waals surface area contributed by atoms with Crippen molar-refractivity contribution in [1.82, 2.24) is 4.98 Å². The van der Waals surface area contributed by atoms with E-state index in [0.717, 1.165) is 25.0 Å². The Labute approximate surface area is 111 Å². The summed E-state index contributed by atoms with van der Waals surface area (Å²) in [7, 11) is 0. The van der Waals surface area contributed by atoms with Crippen LogP contribution in [0, 0.1) is 0 Å². The normalized spacial score (nSPS) is 15.2. The van der Waals surface area contributed by atoms with Gasteiger partial charge in [0.15, 0.2) is 5.13 Å².